The van der Waals surface area contributed by atoms with Crippen LogP contribution in [0, 0.1) is 0 Å². The monoisotopic (exact) mass is 406 g/mol. The first-order valence-corrected chi connectivity index (χ1v) is 9.60. The van der Waals surface area contributed by atoms with E-state index in [1.54, 1.807) is 42.5 Å². The lowest BCUT2D eigenvalue weighted by atomic mass is 10.1. The highest BCUT2D eigenvalue weighted by atomic mass is 16.5. The predicted octanol–water partition coefficient (Wildman–Crippen LogP) is 2.83. The maximum atomic E-state index is 12.4. The number of para-hydroxylation sites is 1. The van der Waals surface area contributed by atoms with Crippen molar-refractivity contribution >= 4 is 29.4 Å². The van der Waals surface area contributed by atoms with Gasteiger partial charge in [0.1, 0.15) is 0 Å². The number of nitrogens with zero attached hydrogens (tertiary/aromatic N) is 2. The Morgan fingerprint density at radius 2 is 1.57 bits per heavy atom. The van der Waals surface area contributed by atoms with Crippen LogP contribution in [0.25, 0.3) is 0 Å². The number of hydrogen-bond acceptors (Lipinski definition) is 5. The minimum atomic E-state index is -0.563. The van der Waals surface area contributed by atoms with Crippen LogP contribution in [0.4, 0.5) is 5.69 Å². The average Bonchev–Trinajstić information content (AvgIpc) is 3.01. The normalized spacial score (nSPS) is 12.5. The molecule has 7 heteroatoms. The summed E-state index contributed by atoms with van der Waals surface area (Å²) in [4.78, 5) is 51.7. The van der Waals surface area contributed by atoms with Gasteiger partial charge in [0.15, 0.2) is 6.61 Å². The minimum Gasteiger partial charge on any atom is -0.456 e. The van der Waals surface area contributed by atoms with Crippen molar-refractivity contribution in [2.45, 2.75) is 12.8 Å². The van der Waals surface area contributed by atoms with Gasteiger partial charge in [0, 0.05) is 25.2 Å². The van der Waals surface area contributed by atoms with Crippen molar-refractivity contribution in [2.24, 2.45) is 0 Å². The largest absolute Gasteiger partial charge is 0.456 e. The van der Waals surface area contributed by atoms with Gasteiger partial charge < -0.3 is 9.64 Å². The number of carbonyl (C=O) groups is 4. The van der Waals surface area contributed by atoms with E-state index in [4.69, 9.17) is 4.74 Å². The van der Waals surface area contributed by atoms with E-state index in [1.165, 1.54) is 4.90 Å². The third-order valence-electron chi connectivity index (χ3n) is 4.68. The highest BCUT2D eigenvalue weighted by molar-refractivity contribution is 6.21. The topological polar surface area (TPSA) is 84.0 Å². The molecule has 3 rings (SSSR count). The van der Waals surface area contributed by atoms with Gasteiger partial charge in [0.2, 0.25) is 0 Å². The van der Waals surface area contributed by atoms with Crippen molar-refractivity contribution in [3.8, 4) is 0 Å². The summed E-state index contributed by atoms with van der Waals surface area (Å²) in [6, 6.07) is 15.6. The molecule has 0 atom stereocenters. The van der Waals surface area contributed by atoms with Gasteiger partial charge in [-0.15, -0.1) is 6.58 Å². The molecule has 1 aliphatic heterocycles. The summed E-state index contributed by atoms with van der Waals surface area (Å²) in [6.07, 6.45) is 1.84. The van der Waals surface area contributed by atoms with E-state index < -0.39 is 12.6 Å². The fraction of sp³-hybridized carbons (Fsp3) is 0.217. The molecule has 3 amide bonds. The standard InChI is InChI=1S/C23H22N2O5/c1-2-14-24(17-9-4-3-5-10-17)20(26)16-30-21(27)13-8-15-25-22(28)18-11-6-7-12-19(18)23(25)29/h2-7,9-12H,1,8,13-16H2. The average molecular weight is 406 g/mol. The number of rotatable bonds is 9. The minimum absolute atomic E-state index is 0.00647. The molecule has 0 saturated heterocycles. The second kappa shape index (κ2) is 9.65. The molecule has 0 unspecified atom stereocenters. The number of esters is 1. The van der Waals surface area contributed by atoms with Gasteiger partial charge in [-0.2, -0.15) is 0 Å². The van der Waals surface area contributed by atoms with E-state index in [-0.39, 0.29) is 37.1 Å². The second-order valence-corrected chi connectivity index (χ2v) is 6.70. The Hall–Kier alpha value is -3.74. The van der Waals surface area contributed by atoms with Gasteiger partial charge in [-0.05, 0) is 30.7 Å². The molecule has 2 aromatic carbocycles. The molecule has 0 aliphatic carbocycles. The lowest BCUT2D eigenvalue weighted by Crippen LogP contribution is -2.35. The van der Waals surface area contributed by atoms with Gasteiger partial charge in [-0.1, -0.05) is 36.4 Å². The number of amides is 3. The maximum absolute atomic E-state index is 12.4. The van der Waals surface area contributed by atoms with Crippen LogP contribution < -0.4 is 4.90 Å². The van der Waals surface area contributed by atoms with Crippen molar-refractivity contribution in [1.82, 2.24) is 4.90 Å². The molecule has 154 valence electrons. The van der Waals surface area contributed by atoms with Gasteiger partial charge in [0.05, 0.1) is 11.1 Å². The van der Waals surface area contributed by atoms with Crippen molar-refractivity contribution < 1.29 is 23.9 Å². The Morgan fingerprint density at radius 3 is 2.17 bits per heavy atom. The SMILES string of the molecule is C=CCN(C(=O)COC(=O)CCCN1C(=O)c2ccccc2C1=O)c1ccccc1. The summed E-state index contributed by atoms with van der Waals surface area (Å²) < 4.78 is 5.08. The Labute approximate surface area is 174 Å². The molecule has 7 nitrogen and oxygen atoms in total. The zero-order valence-electron chi connectivity index (χ0n) is 16.5. The van der Waals surface area contributed by atoms with Gasteiger partial charge in [-0.3, -0.25) is 24.1 Å². The summed E-state index contributed by atoms with van der Waals surface area (Å²) in [6.45, 7) is 3.66. The van der Waals surface area contributed by atoms with Crippen LogP contribution in [-0.4, -0.2) is 48.3 Å². The molecular formula is C23H22N2O5. The molecule has 0 bridgehead atoms. The summed E-state index contributed by atoms with van der Waals surface area (Å²) in [7, 11) is 0. The second-order valence-electron chi connectivity index (χ2n) is 6.70. The molecular weight excluding hydrogens is 384 g/mol. The lowest BCUT2D eigenvalue weighted by molar-refractivity contribution is -0.147. The third kappa shape index (κ3) is 4.63. The molecule has 0 aromatic heterocycles. The van der Waals surface area contributed by atoms with E-state index in [9.17, 15) is 19.2 Å². The number of anilines is 1. The van der Waals surface area contributed by atoms with Crippen molar-refractivity contribution in [2.75, 3.05) is 24.6 Å². The predicted molar refractivity (Wildman–Crippen MR) is 111 cm³/mol. The first kappa shape index (κ1) is 21.0. The summed E-state index contributed by atoms with van der Waals surface area (Å²) in [5.41, 5.74) is 1.43. The Morgan fingerprint density at radius 1 is 0.967 bits per heavy atom. The molecule has 0 radical (unpaired) electrons. The zero-order chi connectivity index (χ0) is 21.5. The summed E-state index contributed by atoms with van der Waals surface area (Å²) in [5.74, 6) is -1.65. The molecule has 0 spiro atoms. The first-order valence-electron chi connectivity index (χ1n) is 9.60. The van der Waals surface area contributed by atoms with Crippen LogP contribution in [0.2, 0.25) is 0 Å². The highest BCUT2D eigenvalue weighted by Crippen LogP contribution is 2.22. The smallest absolute Gasteiger partial charge is 0.306 e. The Bertz CT molecular complexity index is 936. The van der Waals surface area contributed by atoms with Crippen LogP contribution in [0.3, 0.4) is 0 Å². The highest BCUT2D eigenvalue weighted by Gasteiger charge is 2.34. The van der Waals surface area contributed by atoms with Crippen molar-refractivity contribution in [1.29, 1.82) is 0 Å². The summed E-state index contributed by atoms with van der Waals surface area (Å²) in [5, 5.41) is 0. The van der Waals surface area contributed by atoms with E-state index in [1.807, 2.05) is 18.2 Å². The molecule has 2 aromatic rings. The quantitative estimate of drug-likeness (QED) is 0.363. The third-order valence-corrected chi connectivity index (χ3v) is 4.68. The van der Waals surface area contributed by atoms with Gasteiger partial charge in [-0.25, -0.2) is 0 Å². The molecule has 1 heterocycles. The number of benzene rings is 2. The lowest BCUT2D eigenvalue weighted by Gasteiger charge is -2.21. The van der Waals surface area contributed by atoms with E-state index in [2.05, 4.69) is 6.58 Å². The van der Waals surface area contributed by atoms with Gasteiger partial charge in [0.25, 0.3) is 17.7 Å². The van der Waals surface area contributed by atoms with Crippen molar-refractivity contribution in [3.05, 3.63) is 78.4 Å². The molecule has 30 heavy (non-hydrogen) atoms. The number of ether oxygens (including phenoxy) is 1. The zero-order valence-corrected chi connectivity index (χ0v) is 16.5. The maximum Gasteiger partial charge on any atom is 0.306 e. The Kier molecular flexibility index (Phi) is 6.75. The van der Waals surface area contributed by atoms with E-state index >= 15 is 0 Å². The first-order chi connectivity index (χ1) is 14.5. The van der Waals surface area contributed by atoms with Crippen LogP contribution in [-0.2, 0) is 14.3 Å². The molecule has 1 aliphatic rings. The van der Waals surface area contributed by atoms with Crippen molar-refractivity contribution in [3.63, 3.8) is 0 Å². The molecule has 0 N–H and O–H groups in total. The fourth-order valence-corrected chi connectivity index (χ4v) is 3.20. The summed E-state index contributed by atoms with van der Waals surface area (Å²) >= 11 is 0. The van der Waals surface area contributed by atoms with Crippen LogP contribution in [0.5, 0.6) is 0 Å². The van der Waals surface area contributed by atoms with Gasteiger partial charge >= 0.3 is 5.97 Å². The molecule has 0 saturated carbocycles. The van der Waals surface area contributed by atoms with E-state index in [0.29, 0.717) is 23.4 Å². The van der Waals surface area contributed by atoms with Crippen LogP contribution in [0.1, 0.15) is 33.6 Å². The van der Waals surface area contributed by atoms with Crippen LogP contribution >= 0.6 is 0 Å². The van der Waals surface area contributed by atoms with Crippen LogP contribution in [0.15, 0.2) is 67.3 Å². The number of hydrogen-bond donors (Lipinski definition) is 0. The number of fused-ring (bicyclic) bond motifs is 1. The number of carbonyl (C=O) groups excluding carboxylic acids is 4. The number of imide groups is 1. The Balaban J connectivity index is 1.46. The van der Waals surface area contributed by atoms with E-state index in [0.717, 1.165) is 4.90 Å². The fourth-order valence-electron chi connectivity index (χ4n) is 3.20. The molecule has 0 fully saturated rings.